The molecule has 7 heteroatoms. The lowest BCUT2D eigenvalue weighted by Crippen LogP contribution is -2.08. The lowest BCUT2D eigenvalue weighted by molar-refractivity contribution is 0.391. The fraction of sp³-hybridized carbons (Fsp3) is 0.200. The molecule has 3 aromatic rings. The van der Waals surface area contributed by atoms with Crippen LogP contribution in [-0.4, -0.2) is 20.1 Å². The number of thioether (sulfide) groups is 1. The van der Waals surface area contributed by atoms with Crippen molar-refractivity contribution < 1.29 is 4.52 Å². The van der Waals surface area contributed by atoms with Gasteiger partial charge in [0.25, 0.3) is 5.56 Å². The predicted octanol–water partition coefficient (Wildman–Crippen LogP) is 2.73. The second kappa shape index (κ2) is 6.15. The fourth-order valence-electron chi connectivity index (χ4n) is 2.00. The van der Waals surface area contributed by atoms with E-state index in [1.165, 1.54) is 17.8 Å². The Kier molecular flexibility index (Phi) is 4.06. The van der Waals surface area contributed by atoms with E-state index < -0.39 is 0 Å². The number of rotatable bonds is 4. The minimum absolute atomic E-state index is 0.166. The molecular formula is C15H14N4O2S. The maximum absolute atomic E-state index is 11.4. The van der Waals surface area contributed by atoms with Crippen LogP contribution in [0.2, 0.25) is 0 Å². The van der Waals surface area contributed by atoms with E-state index in [1.807, 2.05) is 31.2 Å². The maximum Gasteiger partial charge on any atom is 0.251 e. The number of H-pyrrole nitrogens is 1. The summed E-state index contributed by atoms with van der Waals surface area (Å²) in [4.78, 5) is 22.7. The van der Waals surface area contributed by atoms with Gasteiger partial charge >= 0.3 is 0 Å². The molecule has 0 fully saturated rings. The minimum atomic E-state index is -0.166. The van der Waals surface area contributed by atoms with Gasteiger partial charge in [0.1, 0.15) is 0 Å². The van der Waals surface area contributed by atoms with Crippen molar-refractivity contribution in [2.45, 2.75) is 24.8 Å². The van der Waals surface area contributed by atoms with Crippen LogP contribution in [0, 0.1) is 13.8 Å². The van der Waals surface area contributed by atoms with Crippen LogP contribution < -0.4 is 5.56 Å². The molecule has 6 nitrogen and oxygen atoms in total. The second-order valence-corrected chi connectivity index (χ2v) is 5.77. The third-order valence-electron chi connectivity index (χ3n) is 3.03. The number of hydrogen-bond donors (Lipinski definition) is 1. The molecule has 0 aliphatic rings. The van der Waals surface area contributed by atoms with Crippen molar-refractivity contribution in [2.75, 3.05) is 0 Å². The van der Waals surface area contributed by atoms with Gasteiger partial charge in [0, 0.05) is 17.3 Å². The van der Waals surface area contributed by atoms with Gasteiger partial charge in [-0.15, -0.1) is 0 Å². The van der Waals surface area contributed by atoms with Crippen LogP contribution >= 0.6 is 11.8 Å². The molecule has 2 aromatic heterocycles. The number of benzene rings is 1. The summed E-state index contributed by atoms with van der Waals surface area (Å²) < 4.78 is 5.25. The maximum atomic E-state index is 11.4. The molecule has 0 amide bonds. The smallest absolute Gasteiger partial charge is 0.251 e. The van der Waals surface area contributed by atoms with Crippen molar-refractivity contribution in [3.63, 3.8) is 0 Å². The minimum Gasteiger partial charge on any atom is -0.338 e. The Labute approximate surface area is 131 Å². The zero-order valence-electron chi connectivity index (χ0n) is 12.2. The van der Waals surface area contributed by atoms with Gasteiger partial charge in [0.05, 0.1) is 5.75 Å². The van der Waals surface area contributed by atoms with Gasteiger partial charge in [-0.3, -0.25) is 4.79 Å². The number of nitrogens with one attached hydrogen (secondary N) is 1. The summed E-state index contributed by atoms with van der Waals surface area (Å²) >= 11 is 1.35. The summed E-state index contributed by atoms with van der Waals surface area (Å²) in [6.45, 7) is 3.78. The molecule has 1 aromatic carbocycles. The molecule has 0 saturated carbocycles. The monoisotopic (exact) mass is 314 g/mol. The molecule has 0 atom stereocenters. The van der Waals surface area contributed by atoms with Gasteiger partial charge in [-0.25, -0.2) is 4.98 Å². The highest BCUT2D eigenvalue weighted by atomic mass is 32.2. The molecule has 0 unspecified atom stereocenters. The molecule has 0 bridgehead atoms. The predicted molar refractivity (Wildman–Crippen MR) is 83.6 cm³/mol. The quantitative estimate of drug-likeness (QED) is 0.589. The molecule has 22 heavy (non-hydrogen) atoms. The Morgan fingerprint density at radius 1 is 1.23 bits per heavy atom. The van der Waals surface area contributed by atoms with Gasteiger partial charge < -0.3 is 9.51 Å². The Hall–Kier alpha value is -2.41. The van der Waals surface area contributed by atoms with E-state index in [0.29, 0.717) is 28.3 Å². The van der Waals surface area contributed by atoms with Crippen molar-refractivity contribution in [1.82, 2.24) is 20.1 Å². The first-order valence-electron chi connectivity index (χ1n) is 6.71. The lowest BCUT2D eigenvalue weighted by atomic mass is 10.1. The summed E-state index contributed by atoms with van der Waals surface area (Å²) in [6.07, 6.45) is 0. The number of aromatic nitrogens is 4. The lowest BCUT2D eigenvalue weighted by Gasteiger charge is -1.99. The molecule has 0 spiro atoms. The third kappa shape index (κ3) is 3.25. The highest BCUT2D eigenvalue weighted by Crippen LogP contribution is 2.22. The standard InChI is InChI=1S/C15H14N4O2S/c1-9-5-3-4-6-11(9)14-18-13(21-19-14)8-22-15-16-10(2)7-12(20)17-15/h3-7H,8H2,1-2H3,(H,16,17,20). The van der Waals surface area contributed by atoms with Crippen molar-refractivity contribution in [2.24, 2.45) is 0 Å². The number of hydrogen-bond acceptors (Lipinski definition) is 6. The Morgan fingerprint density at radius 3 is 2.82 bits per heavy atom. The van der Waals surface area contributed by atoms with Crippen LogP contribution in [0.5, 0.6) is 0 Å². The number of aromatic amines is 1. The van der Waals surface area contributed by atoms with E-state index in [-0.39, 0.29) is 5.56 Å². The van der Waals surface area contributed by atoms with Crippen LogP contribution in [0.1, 0.15) is 17.1 Å². The first-order valence-corrected chi connectivity index (χ1v) is 7.70. The second-order valence-electron chi connectivity index (χ2n) is 4.81. The first-order chi connectivity index (χ1) is 10.6. The van der Waals surface area contributed by atoms with E-state index >= 15 is 0 Å². The molecule has 0 radical (unpaired) electrons. The average molecular weight is 314 g/mol. The average Bonchev–Trinajstić information content (AvgIpc) is 2.93. The molecule has 0 saturated heterocycles. The van der Waals surface area contributed by atoms with E-state index in [2.05, 4.69) is 20.1 Å². The van der Waals surface area contributed by atoms with E-state index in [1.54, 1.807) is 6.92 Å². The van der Waals surface area contributed by atoms with Crippen molar-refractivity contribution >= 4 is 11.8 Å². The zero-order valence-corrected chi connectivity index (χ0v) is 13.0. The fourth-order valence-corrected chi connectivity index (χ4v) is 2.76. The van der Waals surface area contributed by atoms with Crippen molar-refractivity contribution in [3.05, 3.63) is 57.8 Å². The summed E-state index contributed by atoms with van der Waals surface area (Å²) in [5.41, 5.74) is 2.55. The van der Waals surface area contributed by atoms with Crippen molar-refractivity contribution in [1.29, 1.82) is 0 Å². The normalized spacial score (nSPS) is 10.8. The molecule has 2 heterocycles. The number of nitrogens with zero attached hydrogens (tertiary/aromatic N) is 3. The Bertz CT molecular complexity index is 856. The van der Waals surface area contributed by atoms with Gasteiger partial charge in [-0.1, -0.05) is 41.2 Å². The van der Waals surface area contributed by atoms with Crippen LogP contribution in [0.4, 0.5) is 0 Å². The Morgan fingerprint density at radius 2 is 2.05 bits per heavy atom. The topological polar surface area (TPSA) is 84.7 Å². The summed E-state index contributed by atoms with van der Waals surface area (Å²) in [5.74, 6) is 1.51. The Balaban J connectivity index is 1.75. The largest absolute Gasteiger partial charge is 0.338 e. The van der Waals surface area contributed by atoms with Gasteiger partial charge in [0.2, 0.25) is 11.7 Å². The highest BCUT2D eigenvalue weighted by Gasteiger charge is 2.11. The van der Waals surface area contributed by atoms with Crippen LogP contribution in [0.3, 0.4) is 0 Å². The van der Waals surface area contributed by atoms with Crippen LogP contribution in [0.15, 0.2) is 44.8 Å². The summed E-state index contributed by atoms with van der Waals surface area (Å²) in [7, 11) is 0. The van der Waals surface area contributed by atoms with E-state index in [0.717, 1.165) is 11.1 Å². The van der Waals surface area contributed by atoms with Crippen molar-refractivity contribution in [3.8, 4) is 11.4 Å². The molecule has 0 aliphatic heterocycles. The molecule has 3 rings (SSSR count). The van der Waals surface area contributed by atoms with Gasteiger partial charge in [0.15, 0.2) is 5.16 Å². The first kappa shape index (κ1) is 14.5. The summed E-state index contributed by atoms with van der Waals surface area (Å²) in [6, 6.07) is 9.31. The molecule has 1 N–H and O–H groups in total. The molecule has 112 valence electrons. The molecular weight excluding hydrogens is 300 g/mol. The van der Waals surface area contributed by atoms with Gasteiger partial charge in [-0.2, -0.15) is 4.98 Å². The van der Waals surface area contributed by atoms with E-state index in [9.17, 15) is 4.79 Å². The molecule has 0 aliphatic carbocycles. The third-order valence-corrected chi connectivity index (χ3v) is 3.89. The van der Waals surface area contributed by atoms with Crippen LogP contribution in [-0.2, 0) is 5.75 Å². The van der Waals surface area contributed by atoms with Gasteiger partial charge in [-0.05, 0) is 19.4 Å². The zero-order chi connectivity index (χ0) is 15.5. The summed E-state index contributed by atoms with van der Waals surface area (Å²) in [5, 5.41) is 4.55. The highest BCUT2D eigenvalue weighted by molar-refractivity contribution is 7.98. The van der Waals surface area contributed by atoms with E-state index in [4.69, 9.17) is 4.52 Å². The number of aryl methyl sites for hydroxylation is 2. The van der Waals surface area contributed by atoms with Crippen LogP contribution in [0.25, 0.3) is 11.4 Å². The SMILES string of the molecule is Cc1cc(=O)[nH]c(SCc2nc(-c3ccccc3C)no2)n1.